The number of para-hydroxylation sites is 1. The number of carbonyl (C=O) groups excluding carboxylic acids is 3. The molecule has 1 heterocycles. The van der Waals surface area contributed by atoms with Crippen LogP contribution in [0.1, 0.15) is 11.1 Å². The average molecular weight is 528 g/mol. The van der Waals surface area contributed by atoms with Crippen molar-refractivity contribution in [2.45, 2.75) is 31.0 Å². The van der Waals surface area contributed by atoms with E-state index in [1.165, 1.54) is 12.1 Å². The maximum atomic E-state index is 12.6. The molecule has 3 amide bonds. The number of carboxylic acids is 1. The van der Waals surface area contributed by atoms with Crippen LogP contribution in [0.3, 0.4) is 0 Å². The van der Waals surface area contributed by atoms with Crippen molar-refractivity contribution in [3.8, 4) is 5.75 Å². The highest BCUT2D eigenvalue weighted by Crippen LogP contribution is 2.18. The lowest BCUT2D eigenvalue weighted by Gasteiger charge is -2.20. The normalized spacial score (nSPS) is 13.4. The molecule has 0 saturated carbocycles. The molecule has 0 radical (unpaired) electrons. The Morgan fingerprint density at radius 2 is 1.65 bits per heavy atom. The molecular weight excluding hydrogens is 498 g/mol. The zero-order valence-corrected chi connectivity index (χ0v) is 20.7. The number of nitrogens with two attached hydrogens (primary N) is 1. The summed E-state index contributed by atoms with van der Waals surface area (Å²) in [6.45, 7) is -0.500. The number of nitrogens with one attached hydrogen (secondary N) is 4. The van der Waals surface area contributed by atoms with Crippen LogP contribution in [-0.2, 0) is 32.0 Å². The highest BCUT2D eigenvalue weighted by Gasteiger charge is 2.25. The average Bonchev–Trinajstić information content (AvgIpc) is 3.29. The monoisotopic (exact) mass is 527 g/mol. The number of aromatic hydroxyl groups is 1. The predicted molar refractivity (Wildman–Crippen MR) is 140 cm³/mol. The number of aliphatic carboxylic acids is 1. The van der Waals surface area contributed by atoms with E-state index in [1.807, 2.05) is 24.3 Å². The molecule has 0 fully saturated rings. The van der Waals surface area contributed by atoms with Crippen LogP contribution < -0.4 is 21.7 Å². The maximum absolute atomic E-state index is 12.6. The number of rotatable bonds is 12. The van der Waals surface area contributed by atoms with Crippen molar-refractivity contribution in [3.63, 3.8) is 0 Å². The zero-order chi connectivity index (χ0) is 26.9. The fourth-order valence-corrected chi connectivity index (χ4v) is 3.96. The predicted octanol–water partition coefficient (Wildman–Crippen LogP) is 0.0862. The van der Waals surface area contributed by atoms with Gasteiger partial charge in [-0.05, 0) is 35.7 Å². The Balaban J connectivity index is 1.49. The summed E-state index contributed by atoms with van der Waals surface area (Å²) in [6.07, 6.45) is 2.01. The van der Waals surface area contributed by atoms with Gasteiger partial charge < -0.3 is 36.9 Å². The van der Waals surface area contributed by atoms with Gasteiger partial charge in [0.2, 0.25) is 17.7 Å². The number of amides is 3. The number of aromatic nitrogens is 1. The van der Waals surface area contributed by atoms with E-state index in [1.54, 1.807) is 18.3 Å². The van der Waals surface area contributed by atoms with Gasteiger partial charge in [-0.2, -0.15) is 12.6 Å². The minimum Gasteiger partial charge on any atom is -0.508 e. The van der Waals surface area contributed by atoms with Gasteiger partial charge in [0.05, 0.1) is 12.6 Å². The Bertz CT molecular complexity index is 1260. The molecule has 0 aliphatic heterocycles. The number of hydrogen-bond donors (Lipinski definition) is 8. The Morgan fingerprint density at radius 1 is 0.946 bits per heavy atom. The van der Waals surface area contributed by atoms with Crippen LogP contribution in [0, 0.1) is 0 Å². The van der Waals surface area contributed by atoms with Gasteiger partial charge in [-0.15, -0.1) is 0 Å². The van der Waals surface area contributed by atoms with Crippen LogP contribution in [-0.4, -0.2) is 69.3 Å². The van der Waals surface area contributed by atoms with Gasteiger partial charge in [0.15, 0.2) is 0 Å². The smallest absolute Gasteiger partial charge is 0.326 e. The summed E-state index contributed by atoms with van der Waals surface area (Å²) in [5, 5.41) is 27.0. The van der Waals surface area contributed by atoms with Crippen LogP contribution in [0.2, 0.25) is 0 Å². The first kappa shape index (κ1) is 27.6. The first-order chi connectivity index (χ1) is 17.7. The van der Waals surface area contributed by atoms with E-state index >= 15 is 0 Å². The molecule has 0 aliphatic rings. The standard InChI is InChI=1S/C25H29N5O6S/c26-18(10-15-11-27-19-4-2-1-3-17(15)19)23(33)30-21(13-37)24(34)28-12-22(32)29-20(25(35)36)9-14-5-7-16(31)8-6-14/h1-8,11,18,20-21,27,31,37H,9-10,12-13,26H2,(H,28,34)(H,29,32)(H,30,33)(H,35,36). The van der Waals surface area contributed by atoms with Gasteiger partial charge in [0.25, 0.3) is 0 Å². The number of hydrogen-bond acceptors (Lipinski definition) is 7. The summed E-state index contributed by atoms with van der Waals surface area (Å²) in [4.78, 5) is 52.1. The van der Waals surface area contributed by atoms with Crippen LogP contribution in [0.4, 0.5) is 0 Å². The summed E-state index contributed by atoms with van der Waals surface area (Å²) < 4.78 is 0. The molecule has 1 aromatic heterocycles. The Morgan fingerprint density at radius 3 is 2.32 bits per heavy atom. The second-order valence-corrected chi connectivity index (χ2v) is 8.83. The summed E-state index contributed by atoms with van der Waals surface area (Å²) in [5.74, 6) is -3.20. The van der Waals surface area contributed by atoms with Crippen LogP contribution >= 0.6 is 12.6 Å². The van der Waals surface area contributed by atoms with Gasteiger partial charge in [-0.25, -0.2) is 4.79 Å². The molecular formula is C25H29N5O6S. The Labute approximate surface area is 218 Å². The van der Waals surface area contributed by atoms with E-state index in [-0.39, 0.29) is 24.3 Å². The third kappa shape index (κ3) is 7.72. The summed E-state index contributed by atoms with van der Waals surface area (Å²) in [6, 6.07) is 10.3. The SMILES string of the molecule is NC(Cc1c[nH]c2ccccc12)C(=O)NC(CS)C(=O)NCC(=O)NC(Cc1ccc(O)cc1)C(=O)O. The maximum Gasteiger partial charge on any atom is 0.326 e. The third-order valence-corrected chi connectivity index (χ3v) is 6.06. The first-order valence-electron chi connectivity index (χ1n) is 11.5. The summed E-state index contributed by atoms with van der Waals surface area (Å²) in [7, 11) is 0. The Hall–Kier alpha value is -4.03. The molecule has 0 spiro atoms. The molecule has 0 bridgehead atoms. The minimum atomic E-state index is -1.25. The number of phenolic OH excluding ortho intramolecular Hbond substituents is 1. The molecule has 3 unspecified atom stereocenters. The second-order valence-electron chi connectivity index (χ2n) is 8.46. The fraction of sp³-hybridized carbons (Fsp3) is 0.280. The highest BCUT2D eigenvalue weighted by molar-refractivity contribution is 7.80. The number of carbonyl (C=O) groups is 4. The van der Waals surface area contributed by atoms with Gasteiger partial charge in [-0.3, -0.25) is 14.4 Å². The van der Waals surface area contributed by atoms with Crippen molar-refractivity contribution < 1.29 is 29.4 Å². The Kier molecular flexibility index (Phi) is 9.52. The topological polar surface area (TPSA) is 187 Å². The summed E-state index contributed by atoms with van der Waals surface area (Å²) in [5.41, 5.74) is 8.44. The largest absolute Gasteiger partial charge is 0.508 e. The molecule has 3 atom stereocenters. The van der Waals surface area contributed by atoms with E-state index in [4.69, 9.17) is 5.73 Å². The lowest BCUT2D eigenvalue weighted by molar-refractivity contribution is -0.141. The van der Waals surface area contributed by atoms with Crippen molar-refractivity contribution in [2.24, 2.45) is 5.73 Å². The van der Waals surface area contributed by atoms with Crippen molar-refractivity contribution in [1.29, 1.82) is 0 Å². The number of phenols is 1. The fourth-order valence-electron chi connectivity index (χ4n) is 3.71. The lowest BCUT2D eigenvalue weighted by atomic mass is 10.0. The van der Waals surface area contributed by atoms with Crippen LogP contribution in [0.5, 0.6) is 5.75 Å². The van der Waals surface area contributed by atoms with Crippen LogP contribution in [0.15, 0.2) is 54.7 Å². The van der Waals surface area contributed by atoms with Crippen molar-refractivity contribution in [3.05, 3.63) is 65.9 Å². The van der Waals surface area contributed by atoms with Gasteiger partial charge in [-0.1, -0.05) is 30.3 Å². The number of aromatic amines is 1. The quantitative estimate of drug-likeness (QED) is 0.153. The highest BCUT2D eigenvalue weighted by atomic mass is 32.1. The van der Waals surface area contributed by atoms with Crippen molar-refractivity contribution >= 4 is 47.2 Å². The van der Waals surface area contributed by atoms with Crippen LogP contribution in [0.25, 0.3) is 10.9 Å². The van der Waals surface area contributed by atoms with E-state index in [0.717, 1.165) is 16.5 Å². The van der Waals surface area contributed by atoms with E-state index in [9.17, 15) is 29.4 Å². The van der Waals surface area contributed by atoms with E-state index in [0.29, 0.717) is 5.56 Å². The number of benzene rings is 2. The number of fused-ring (bicyclic) bond motifs is 1. The lowest BCUT2D eigenvalue weighted by Crippen LogP contribution is -2.54. The molecule has 8 N–H and O–H groups in total. The summed E-state index contributed by atoms with van der Waals surface area (Å²) >= 11 is 4.11. The van der Waals surface area contributed by atoms with Gasteiger partial charge in [0.1, 0.15) is 17.8 Å². The second kappa shape index (κ2) is 12.8. The van der Waals surface area contributed by atoms with E-state index in [2.05, 4.69) is 33.6 Å². The molecule has 196 valence electrons. The van der Waals surface area contributed by atoms with Gasteiger partial charge in [0, 0.05) is 29.3 Å². The third-order valence-electron chi connectivity index (χ3n) is 5.70. The molecule has 2 aromatic carbocycles. The first-order valence-corrected chi connectivity index (χ1v) is 12.1. The van der Waals surface area contributed by atoms with Crippen molar-refractivity contribution in [1.82, 2.24) is 20.9 Å². The van der Waals surface area contributed by atoms with E-state index < -0.39 is 48.4 Å². The number of H-pyrrole nitrogens is 1. The van der Waals surface area contributed by atoms with Crippen molar-refractivity contribution in [2.75, 3.05) is 12.3 Å². The molecule has 3 rings (SSSR count). The van der Waals surface area contributed by atoms with Gasteiger partial charge >= 0.3 is 5.97 Å². The number of thiol groups is 1. The molecule has 0 saturated heterocycles. The zero-order valence-electron chi connectivity index (χ0n) is 19.8. The molecule has 37 heavy (non-hydrogen) atoms. The molecule has 11 nitrogen and oxygen atoms in total. The molecule has 12 heteroatoms. The minimum absolute atomic E-state index is 0.0149. The molecule has 3 aromatic rings. The number of carboxylic acid groups (broad SMARTS) is 1. The molecule has 0 aliphatic carbocycles.